The number of rotatable bonds is 4. The minimum absolute atomic E-state index is 0.0839. The van der Waals surface area contributed by atoms with E-state index in [9.17, 15) is 15.0 Å². The van der Waals surface area contributed by atoms with Crippen molar-refractivity contribution in [1.29, 1.82) is 0 Å². The van der Waals surface area contributed by atoms with Gasteiger partial charge in [-0.3, -0.25) is 0 Å². The van der Waals surface area contributed by atoms with E-state index < -0.39 is 5.97 Å². The number of benzene rings is 2. The zero-order chi connectivity index (χ0) is 22.3. The molecule has 29 heavy (non-hydrogen) atoms. The average molecular weight is 395 g/mol. The molecule has 2 rings (SSSR count). The van der Waals surface area contributed by atoms with Crippen molar-refractivity contribution in [1.82, 2.24) is 0 Å². The van der Waals surface area contributed by atoms with Crippen molar-refractivity contribution in [2.75, 3.05) is 0 Å². The second kappa shape index (κ2) is 7.70. The first-order chi connectivity index (χ1) is 13.1. The minimum atomic E-state index is -1.02. The highest BCUT2D eigenvalue weighted by molar-refractivity contribution is 6.14. The summed E-state index contributed by atoms with van der Waals surface area (Å²) in [6.45, 7) is 20.5. The van der Waals surface area contributed by atoms with Gasteiger partial charge in [-0.05, 0) is 58.1 Å². The van der Waals surface area contributed by atoms with Crippen LogP contribution in [0.3, 0.4) is 0 Å². The number of aryl methyl sites for hydroxylation is 1. The fraction of sp³-hybridized carbons (Fsp3) is 0.423. The molecule has 2 aromatic carbocycles. The molecule has 2 N–H and O–H groups in total. The quantitative estimate of drug-likeness (QED) is 0.599. The molecule has 0 heterocycles. The number of phenolic OH excluding ortho intramolecular Hbond substituents is 1. The molecular weight excluding hydrogens is 360 g/mol. The molecule has 0 radical (unpaired) electrons. The van der Waals surface area contributed by atoms with Crippen LogP contribution in [0.5, 0.6) is 5.75 Å². The summed E-state index contributed by atoms with van der Waals surface area (Å²) in [5.74, 6) is -0.699. The number of phenols is 1. The number of carboxylic acid groups (broad SMARTS) is 1. The second-order valence-corrected chi connectivity index (χ2v) is 10.1. The fourth-order valence-electron chi connectivity index (χ4n) is 3.80. The summed E-state index contributed by atoms with van der Waals surface area (Å²) in [5, 5.41) is 20.4. The highest BCUT2D eigenvalue weighted by atomic mass is 16.4. The van der Waals surface area contributed by atoms with Gasteiger partial charge in [-0.25, -0.2) is 4.79 Å². The van der Waals surface area contributed by atoms with Gasteiger partial charge in [0.25, 0.3) is 0 Å². The molecule has 0 amide bonds. The Bertz CT molecular complexity index is 967. The number of aromatic hydroxyl groups is 1. The lowest BCUT2D eigenvalue weighted by molar-refractivity contribution is -0.130. The van der Waals surface area contributed by atoms with Gasteiger partial charge >= 0.3 is 5.97 Å². The van der Waals surface area contributed by atoms with Crippen LogP contribution in [-0.2, 0) is 22.0 Å². The summed E-state index contributed by atoms with van der Waals surface area (Å²) in [4.78, 5) is 11.5. The number of carbonyl (C=O) groups is 1. The van der Waals surface area contributed by atoms with E-state index in [1.807, 2.05) is 31.2 Å². The van der Waals surface area contributed by atoms with Crippen molar-refractivity contribution < 1.29 is 15.0 Å². The molecule has 0 aromatic heterocycles. The van der Waals surface area contributed by atoms with E-state index in [1.54, 1.807) is 0 Å². The summed E-state index contributed by atoms with van der Waals surface area (Å²) in [5.41, 5.74) is 6.50. The first-order valence-corrected chi connectivity index (χ1v) is 10.0. The zero-order valence-electron chi connectivity index (χ0n) is 19.0. The average Bonchev–Trinajstić information content (AvgIpc) is 2.56. The Hall–Kier alpha value is -2.55. The lowest BCUT2D eigenvalue weighted by Crippen LogP contribution is -2.16. The molecule has 3 heteroatoms. The van der Waals surface area contributed by atoms with Crippen LogP contribution in [0.25, 0.3) is 5.57 Å². The Labute approximate surface area is 175 Å². The molecule has 156 valence electrons. The van der Waals surface area contributed by atoms with E-state index in [4.69, 9.17) is 0 Å². The van der Waals surface area contributed by atoms with Gasteiger partial charge in [0.1, 0.15) is 5.75 Å². The number of aliphatic carboxylic acids is 1. The second-order valence-electron chi connectivity index (χ2n) is 10.1. The van der Waals surface area contributed by atoms with E-state index in [0.717, 1.165) is 33.4 Å². The summed E-state index contributed by atoms with van der Waals surface area (Å²) >= 11 is 0. The molecule has 0 aliphatic rings. The Morgan fingerprint density at radius 1 is 0.897 bits per heavy atom. The van der Waals surface area contributed by atoms with Gasteiger partial charge in [-0.2, -0.15) is 0 Å². The predicted molar refractivity (Wildman–Crippen MR) is 121 cm³/mol. The van der Waals surface area contributed by atoms with E-state index in [-0.39, 0.29) is 16.4 Å². The molecule has 0 aliphatic carbocycles. The first kappa shape index (κ1) is 22.7. The molecule has 0 unspecified atom stereocenters. The number of carboxylic acids is 1. The Kier molecular flexibility index (Phi) is 6.04. The SMILES string of the molecule is C=C(C(=O)O)c1cc(Cc2cc(C)cc(C(C)(C)C)c2O)c(C)c(C(C)(C)C)c1. The first-order valence-electron chi connectivity index (χ1n) is 10.0. The fourth-order valence-corrected chi connectivity index (χ4v) is 3.80. The van der Waals surface area contributed by atoms with Gasteiger partial charge < -0.3 is 10.2 Å². The highest BCUT2D eigenvalue weighted by Gasteiger charge is 2.24. The van der Waals surface area contributed by atoms with Crippen molar-refractivity contribution in [2.24, 2.45) is 0 Å². The lowest BCUT2D eigenvalue weighted by Gasteiger charge is -2.26. The van der Waals surface area contributed by atoms with E-state index in [1.165, 1.54) is 0 Å². The molecule has 0 aliphatic heterocycles. The van der Waals surface area contributed by atoms with Crippen LogP contribution < -0.4 is 0 Å². The van der Waals surface area contributed by atoms with Crippen molar-refractivity contribution in [3.63, 3.8) is 0 Å². The molecule has 2 aromatic rings. The Morgan fingerprint density at radius 3 is 1.93 bits per heavy atom. The van der Waals surface area contributed by atoms with Crippen LogP contribution in [0.15, 0.2) is 30.8 Å². The molecule has 0 atom stereocenters. The molecule has 0 saturated carbocycles. The van der Waals surface area contributed by atoms with Gasteiger partial charge in [-0.1, -0.05) is 78.0 Å². The van der Waals surface area contributed by atoms with Crippen LogP contribution in [-0.4, -0.2) is 16.2 Å². The van der Waals surface area contributed by atoms with Gasteiger partial charge in [0.2, 0.25) is 0 Å². The van der Waals surface area contributed by atoms with Crippen LogP contribution in [0, 0.1) is 13.8 Å². The summed E-state index contributed by atoms with van der Waals surface area (Å²) in [6.07, 6.45) is 0.534. The molecule has 0 fully saturated rings. The number of hydrogen-bond acceptors (Lipinski definition) is 2. The Balaban J connectivity index is 2.70. The lowest BCUT2D eigenvalue weighted by atomic mass is 9.79. The number of hydrogen-bond donors (Lipinski definition) is 2. The smallest absolute Gasteiger partial charge is 0.335 e. The predicted octanol–water partition coefficient (Wildman–Crippen LogP) is 6.29. The monoisotopic (exact) mass is 394 g/mol. The normalized spacial score (nSPS) is 12.1. The van der Waals surface area contributed by atoms with Gasteiger partial charge in [0.15, 0.2) is 0 Å². The largest absolute Gasteiger partial charge is 0.507 e. The maximum atomic E-state index is 11.5. The van der Waals surface area contributed by atoms with Gasteiger partial charge in [0, 0.05) is 6.42 Å². The van der Waals surface area contributed by atoms with E-state index in [0.29, 0.717) is 17.7 Å². The maximum absolute atomic E-state index is 11.5. The third-order valence-corrected chi connectivity index (χ3v) is 5.45. The summed E-state index contributed by atoms with van der Waals surface area (Å²) in [7, 11) is 0. The van der Waals surface area contributed by atoms with Crippen molar-refractivity contribution in [3.05, 3.63) is 69.8 Å². The van der Waals surface area contributed by atoms with Crippen LogP contribution in [0.4, 0.5) is 0 Å². The summed E-state index contributed by atoms with van der Waals surface area (Å²) in [6, 6.07) is 7.89. The van der Waals surface area contributed by atoms with E-state index >= 15 is 0 Å². The van der Waals surface area contributed by atoms with Crippen molar-refractivity contribution >= 4 is 11.5 Å². The third kappa shape index (κ3) is 4.90. The highest BCUT2D eigenvalue weighted by Crippen LogP contribution is 2.37. The van der Waals surface area contributed by atoms with Crippen LogP contribution >= 0.6 is 0 Å². The molecular formula is C26H34O3. The van der Waals surface area contributed by atoms with Crippen LogP contribution in [0.1, 0.15) is 80.5 Å². The van der Waals surface area contributed by atoms with Crippen molar-refractivity contribution in [2.45, 2.75) is 72.6 Å². The topological polar surface area (TPSA) is 57.5 Å². The molecule has 0 saturated heterocycles. The molecule has 0 bridgehead atoms. The van der Waals surface area contributed by atoms with Gasteiger partial charge in [0.05, 0.1) is 5.57 Å². The summed E-state index contributed by atoms with van der Waals surface area (Å²) < 4.78 is 0. The zero-order valence-corrected chi connectivity index (χ0v) is 19.0. The van der Waals surface area contributed by atoms with Gasteiger partial charge in [-0.15, -0.1) is 0 Å². The van der Waals surface area contributed by atoms with E-state index in [2.05, 4.69) is 55.0 Å². The van der Waals surface area contributed by atoms with Crippen LogP contribution in [0.2, 0.25) is 0 Å². The Morgan fingerprint density at radius 2 is 1.45 bits per heavy atom. The standard InChI is InChI=1S/C26H34O3/c1-15-10-20(23(27)22(11-15)26(7,8)9)13-18-12-19(17(3)24(28)29)14-21(16(18)2)25(4,5)6/h10-12,14,27H,3,13H2,1-2,4-9H3,(H,28,29). The minimum Gasteiger partial charge on any atom is -0.507 e. The van der Waals surface area contributed by atoms with Crippen molar-refractivity contribution in [3.8, 4) is 5.75 Å². The maximum Gasteiger partial charge on any atom is 0.335 e. The molecule has 3 nitrogen and oxygen atoms in total. The third-order valence-electron chi connectivity index (χ3n) is 5.45. The molecule has 0 spiro atoms.